The highest BCUT2D eigenvalue weighted by Crippen LogP contribution is 2.31. The first-order chi connectivity index (χ1) is 9.40. The Bertz CT molecular complexity index is 760. The second-order valence-electron chi connectivity index (χ2n) is 4.55. The minimum Gasteiger partial charge on any atom is -0.456 e. The smallest absolute Gasteiger partial charge is 0.135 e. The highest BCUT2D eigenvalue weighted by molar-refractivity contribution is 6.06. The molecular weight excluding hydrogens is 232 g/mol. The zero-order valence-corrected chi connectivity index (χ0v) is 11.0. The zero-order valence-electron chi connectivity index (χ0n) is 11.0. The van der Waals surface area contributed by atoms with E-state index < -0.39 is 0 Å². The third kappa shape index (κ3) is 2.19. The summed E-state index contributed by atoms with van der Waals surface area (Å²) < 4.78 is 5.88. The van der Waals surface area contributed by atoms with E-state index in [-0.39, 0.29) is 0 Å². The molecule has 0 bridgehead atoms. The van der Waals surface area contributed by atoms with Gasteiger partial charge in [-0.05, 0) is 31.0 Å². The van der Waals surface area contributed by atoms with Gasteiger partial charge in [0.05, 0.1) is 0 Å². The summed E-state index contributed by atoms with van der Waals surface area (Å²) in [5.74, 6) is 0. The van der Waals surface area contributed by atoms with Gasteiger partial charge in [0, 0.05) is 10.8 Å². The van der Waals surface area contributed by atoms with Gasteiger partial charge >= 0.3 is 0 Å². The van der Waals surface area contributed by atoms with Crippen LogP contribution in [0.4, 0.5) is 0 Å². The summed E-state index contributed by atoms with van der Waals surface area (Å²) in [4.78, 5) is 0. The van der Waals surface area contributed by atoms with Crippen LogP contribution in [0, 0.1) is 0 Å². The Kier molecular flexibility index (Phi) is 3.20. The average Bonchev–Trinajstić information content (AvgIpc) is 2.83. The highest BCUT2D eigenvalue weighted by atomic mass is 16.3. The van der Waals surface area contributed by atoms with Gasteiger partial charge in [0.1, 0.15) is 11.2 Å². The summed E-state index contributed by atoms with van der Waals surface area (Å²) in [6, 6.07) is 14.5. The van der Waals surface area contributed by atoms with Gasteiger partial charge in [0.15, 0.2) is 0 Å². The fourth-order valence-corrected chi connectivity index (χ4v) is 2.40. The molecule has 0 aliphatic rings. The van der Waals surface area contributed by atoms with Crippen LogP contribution in [0.3, 0.4) is 0 Å². The first kappa shape index (κ1) is 11.8. The molecule has 0 atom stereocenters. The van der Waals surface area contributed by atoms with Crippen molar-refractivity contribution in [2.24, 2.45) is 0 Å². The normalized spacial score (nSPS) is 12.3. The minimum absolute atomic E-state index is 0.922. The molecule has 94 valence electrons. The minimum atomic E-state index is 0.922. The number of fused-ring (bicyclic) bond motifs is 3. The van der Waals surface area contributed by atoms with Crippen LogP contribution in [-0.4, -0.2) is 0 Å². The van der Waals surface area contributed by atoms with Crippen LogP contribution < -0.4 is 0 Å². The van der Waals surface area contributed by atoms with Gasteiger partial charge < -0.3 is 4.42 Å². The van der Waals surface area contributed by atoms with Crippen molar-refractivity contribution in [3.63, 3.8) is 0 Å². The summed E-state index contributed by atoms with van der Waals surface area (Å²) >= 11 is 0. The van der Waals surface area contributed by atoms with Crippen molar-refractivity contribution in [2.75, 3.05) is 0 Å². The van der Waals surface area contributed by atoms with Crippen molar-refractivity contribution in [1.82, 2.24) is 0 Å². The maximum Gasteiger partial charge on any atom is 0.135 e. The predicted molar refractivity (Wildman–Crippen MR) is 81.4 cm³/mol. The number of para-hydroxylation sites is 1. The van der Waals surface area contributed by atoms with Crippen LogP contribution >= 0.6 is 0 Å². The maximum atomic E-state index is 5.88. The fraction of sp³-hybridized carbons (Fsp3) is 0.111. The number of hydrogen-bond acceptors (Lipinski definition) is 1. The lowest BCUT2D eigenvalue weighted by Gasteiger charge is -1.98. The average molecular weight is 248 g/mol. The monoisotopic (exact) mass is 248 g/mol. The lowest BCUT2D eigenvalue weighted by molar-refractivity contribution is 0.669. The molecule has 0 unspecified atom stereocenters. The van der Waals surface area contributed by atoms with Crippen LogP contribution in [0.25, 0.3) is 21.9 Å². The molecule has 0 saturated heterocycles. The molecule has 1 aromatic heterocycles. The van der Waals surface area contributed by atoms with E-state index in [0.29, 0.717) is 0 Å². The predicted octanol–water partition coefficient (Wildman–Crippen LogP) is 5.26. The third-order valence-electron chi connectivity index (χ3n) is 3.27. The van der Waals surface area contributed by atoms with Crippen LogP contribution in [0.2, 0.25) is 0 Å². The van der Waals surface area contributed by atoms with Crippen molar-refractivity contribution in [1.29, 1.82) is 0 Å². The molecule has 3 aromatic rings. The fourth-order valence-electron chi connectivity index (χ4n) is 2.40. The maximum absolute atomic E-state index is 5.88. The molecule has 0 spiro atoms. The molecule has 0 radical (unpaired) electrons. The summed E-state index contributed by atoms with van der Waals surface area (Å²) in [5.41, 5.74) is 3.24. The van der Waals surface area contributed by atoms with Gasteiger partial charge in [-0.25, -0.2) is 0 Å². The Labute approximate surface area is 112 Å². The van der Waals surface area contributed by atoms with E-state index in [9.17, 15) is 0 Å². The molecule has 0 saturated carbocycles. The van der Waals surface area contributed by atoms with Gasteiger partial charge in [-0.15, -0.1) is 0 Å². The molecular formula is C18H16O. The Morgan fingerprint density at radius 3 is 2.68 bits per heavy atom. The van der Waals surface area contributed by atoms with Crippen molar-refractivity contribution in [2.45, 2.75) is 13.3 Å². The van der Waals surface area contributed by atoms with Gasteiger partial charge in [-0.3, -0.25) is 0 Å². The van der Waals surface area contributed by atoms with Gasteiger partial charge in [0.2, 0.25) is 0 Å². The van der Waals surface area contributed by atoms with Crippen LogP contribution in [0.5, 0.6) is 0 Å². The molecule has 0 N–H and O–H groups in total. The van der Waals surface area contributed by atoms with E-state index in [1.165, 1.54) is 16.3 Å². The number of benzene rings is 2. The van der Waals surface area contributed by atoms with Crippen molar-refractivity contribution >= 4 is 21.9 Å². The summed E-state index contributed by atoms with van der Waals surface area (Å²) in [6.45, 7) is 2.02. The first-order valence-corrected chi connectivity index (χ1v) is 6.57. The van der Waals surface area contributed by atoms with E-state index in [1.54, 1.807) is 0 Å². The Morgan fingerprint density at radius 1 is 0.947 bits per heavy atom. The molecule has 0 fully saturated rings. The molecule has 1 nitrogen and oxygen atoms in total. The van der Waals surface area contributed by atoms with Crippen molar-refractivity contribution < 1.29 is 4.42 Å². The van der Waals surface area contributed by atoms with Crippen LogP contribution in [0.1, 0.15) is 12.5 Å². The number of hydrogen-bond donors (Lipinski definition) is 0. The van der Waals surface area contributed by atoms with Crippen LogP contribution in [-0.2, 0) is 6.42 Å². The molecule has 0 amide bonds. The van der Waals surface area contributed by atoms with E-state index in [0.717, 1.165) is 17.6 Å². The summed E-state index contributed by atoms with van der Waals surface area (Å²) in [7, 11) is 0. The highest BCUT2D eigenvalue weighted by Gasteiger charge is 2.08. The largest absolute Gasteiger partial charge is 0.456 e. The molecule has 3 rings (SSSR count). The third-order valence-corrected chi connectivity index (χ3v) is 3.27. The number of furan rings is 1. The van der Waals surface area contributed by atoms with Gasteiger partial charge in [-0.1, -0.05) is 54.6 Å². The topological polar surface area (TPSA) is 13.1 Å². The van der Waals surface area contributed by atoms with E-state index >= 15 is 0 Å². The molecule has 19 heavy (non-hydrogen) atoms. The Balaban J connectivity index is 2.13. The quantitative estimate of drug-likeness (QED) is 0.576. The standard InChI is InChI=1S/C18H16O/c1-2-3-4-5-9-14-10-8-13-17-18(14)15-11-6-7-12-16(15)19-17/h2-8,10-13H,9H2,1H3/b3-2-,5-4-. The second kappa shape index (κ2) is 5.15. The lowest BCUT2D eigenvalue weighted by Crippen LogP contribution is -1.81. The molecule has 1 heteroatoms. The number of allylic oxidation sites excluding steroid dienone is 4. The van der Waals surface area contributed by atoms with Crippen LogP contribution in [0.15, 0.2) is 71.2 Å². The molecule has 1 heterocycles. The van der Waals surface area contributed by atoms with E-state index in [1.807, 2.05) is 37.3 Å². The zero-order chi connectivity index (χ0) is 13.1. The first-order valence-electron chi connectivity index (χ1n) is 6.57. The molecule has 0 aliphatic carbocycles. The van der Waals surface area contributed by atoms with Gasteiger partial charge in [-0.2, -0.15) is 0 Å². The van der Waals surface area contributed by atoms with Gasteiger partial charge in [0.25, 0.3) is 0 Å². The van der Waals surface area contributed by atoms with E-state index in [2.05, 4.69) is 36.4 Å². The van der Waals surface area contributed by atoms with Crippen molar-refractivity contribution in [3.8, 4) is 0 Å². The summed E-state index contributed by atoms with van der Waals surface area (Å²) in [5, 5.41) is 2.44. The second-order valence-corrected chi connectivity index (χ2v) is 4.55. The molecule has 2 aromatic carbocycles. The van der Waals surface area contributed by atoms with Crippen molar-refractivity contribution in [3.05, 3.63) is 72.3 Å². The van der Waals surface area contributed by atoms with E-state index in [4.69, 9.17) is 4.42 Å². The SMILES string of the molecule is C/C=C\C=C/Cc1cccc2oc3ccccc3c12. The Hall–Kier alpha value is -2.28. The lowest BCUT2D eigenvalue weighted by atomic mass is 10.0. The molecule has 0 aliphatic heterocycles. The number of rotatable bonds is 3. The Morgan fingerprint density at radius 2 is 1.79 bits per heavy atom. The summed E-state index contributed by atoms with van der Waals surface area (Å²) in [6.07, 6.45) is 9.26.